The van der Waals surface area contributed by atoms with Gasteiger partial charge in [0.05, 0.1) is 18.6 Å². The van der Waals surface area contributed by atoms with E-state index < -0.39 is 0 Å². The van der Waals surface area contributed by atoms with Crippen molar-refractivity contribution in [2.45, 2.75) is 50.8 Å². The van der Waals surface area contributed by atoms with E-state index in [4.69, 9.17) is 4.42 Å². The third-order valence-electron chi connectivity index (χ3n) is 3.24. The van der Waals surface area contributed by atoms with Gasteiger partial charge >= 0.3 is 0 Å². The SMILES string of the molecule is CCCNC(C)(CO)CCCCSCc1ccco1. The maximum absolute atomic E-state index is 9.46. The van der Waals surface area contributed by atoms with Crippen LogP contribution in [0.1, 0.15) is 45.3 Å². The minimum Gasteiger partial charge on any atom is -0.468 e. The van der Waals surface area contributed by atoms with Crippen molar-refractivity contribution in [3.05, 3.63) is 24.2 Å². The molecule has 19 heavy (non-hydrogen) atoms. The molecule has 1 aromatic heterocycles. The Labute approximate surface area is 121 Å². The first-order valence-electron chi connectivity index (χ1n) is 7.16. The van der Waals surface area contributed by atoms with E-state index in [-0.39, 0.29) is 12.1 Å². The third-order valence-corrected chi connectivity index (χ3v) is 4.31. The van der Waals surface area contributed by atoms with Crippen LogP contribution >= 0.6 is 11.8 Å². The minimum absolute atomic E-state index is 0.109. The van der Waals surface area contributed by atoms with Gasteiger partial charge in [0.25, 0.3) is 0 Å². The number of nitrogens with one attached hydrogen (secondary N) is 1. The largest absolute Gasteiger partial charge is 0.468 e. The van der Waals surface area contributed by atoms with E-state index in [2.05, 4.69) is 19.2 Å². The average molecular weight is 285 g/mol. The second kappa shape index (κ2) is 9.45. The van der Waals surface area contributed by atoms with Gasteiger partial charge in [-0.3, -0.25) is 0 Å². The molecule has 0 aromatic carbocycles. The number of aliphatic hydroxyl groups excluding tert-OH is 1. The molecule has 110 valence electrons. The first-order valence-corrected chi connectivity index (χ1v) is 8.31. The van der Waals surface area contributed by atoms with Gasteiger partial charge in [0, 0.05) is 5.54 Å². The number of unbranched alkanes of at least 4 members (excludes halogenated alkanes) is 1. The molecule has 2 N–H and O–H groups in total. The van der Waals surface area contributed by atoms with Crippen LogP contribution in [0.25, 0.3) is 0 Å². The van der Waals surface area contributed by atoms with Crippen LogP contribution in [0.4, 0.5) is 0 Å². The Kier molecular flexibility index (Phi) is 8.26. The van der Waals surface area contributed by atoms with Crippen molar-refractivity contribution in [2.75, 3.05) is 18.9 Å². The molecule has 0 amide bonds. The van der Waals surface area contributed by atoms with Gasteiger partial charge in [0.1, 0.15) is 5.76 Å². The summed E-state index contributed by atoms with van der Waals surface area (Å²) in [6.45, 7) is 5.45. The first-order chi connectivity index (χ1) is 9.20. The van der Waals surface area contributed by atoms with E-state index in [1.165, 1.54) is 6.42 Å². The molecule has 0 radical (unpaired) electrons. The lowest BCUT2D eigenvalue weighted by Gasteiger charge is -2.28. The molecule has 1 heterocycles. The van der Waals surface area contributed by atoms with Crippen molar-refractivity contribution >= 4 is 11.8 Å². The summed E-state index contributed by atoms with van der Waals surface area (Å²) in [5.74, 6) is 3.16. The smallest absolute Gasteiger partial charge is 0.113 e. The molecule has 0 fully saturated rings. The zero-order chi connectivity index (χ0) is 14.0. The molecule has 0 aliphatic heterocycles. The Bertz CT molecular complexity index is 316. The molecular formula is C15H27NO2S. The normalized spacial score (nSPS) is 14.5. The van der Waals surface area contributed by atoms with Crippen LogP contribution in [0.5, 0.6) is 0 Å². The Morgan fingerprint density at radius 2 is 2.26 bits per heavy atom. The molecule has 1 aromatic rings. The summed E-state index contributed by atoms with van der Waals surface area (Å²) in [6, 6.07) is 3.95. The van der Waals surface area contributed by atoms with Crippen LogP contribution < -0.4 is 5.32 Å². The Balaban J connectivity index is 2.05. The summed E-state index contributed by atoms with van der Waals surface area (Å²) < 4.78 is 5.29. The second-order valence-corrected chi connectivity index (χ2v) is 6.34. The first kappa shape index (κ1) is 16.6. The topological polar surface area (TPSA) is 45.4 Å². The Hall–Kier alpha value is -0.450. The van der Waals surface area contributed by atoms with Crippen molar-refractivity contribution in [2.24, 2.45) is 0 Å². The van der Waals surface area contributed by atoms with Gasteiger partial charge in [0.15, 0.2) is 0 Å². The maximum atomic E-state index is 9.46. The molecule has 0 aliphatic rings. The molecule has 1 atom stereocenters. The quantitative estimate of drug-likeness (QED) is 0.611. The summed E-state index contributed by atoms with van der Waals surface area (Å²) in [6.07, 6.45) is 6.20. The fraction of sp³-hybridized carbons (Fsp3) is 0.733. The van der Waals surface area contributed by atoms with Gasteiger partial charge in [-0.15, -0.1) is 0 Å². The number of aliphatic hydroxyl groups is 1. The van der Waals surface area contributed by atoms with Crippen molar-refractivity contribution in [3.8, 4) is 0 Å². The lowest BCUT2D eigenvalue weighted by molar-refractivity contribution is 0.163. The highest BCUT2D eigenvalue weighted by Crippen LogP contribution is 2.17. The molecule has 1 rings (SSSR count). The van der Waals surface area contributed by atoms with Crippen molar-refractivity contribution < 1.29 is 9.52 Å². The van der Waals surface area contributed by atoms with Crippen molar-refractivity contribution in [3.63, 3.8) is 0 Å². The Morgan fingerprint density at radius 3 is 2.89 bits per heavy atom. The van der Waals surface area contributed by atoms with Crippen LogP contribution in [0, 0.1) is 0 Å². The molecule has 1 unspecified atom stereocenters. The van der Waals surface area contributed by atoms with Gasteiger partial charge < -0.3 is 14.8 Å². The minimum atomic E-state index is -0.109. The van der Waals surface area contributed by atoms with Crippen LogP contribution in [0.15, 0.2) is 22.8 Å². The van der Waals surface area contributed by atoms with Gasteiger partial charge in [-0.05, 0) is 50.6 Å². The van der Waals surface area contributed by atoms with Crippen molar-refractivity contribution in [1.82, 2.24) is 5.32 Å². The molecule has 0 aliphatic carbocycles. The molecule has 0 saturated heterocycles. The number of rotatable bonds is 11. The molecule has 0 bridgehead atoms. The van der Waals surface area contributed by atoms with Gasteiger partial charge in [-0.1, -0.05) is 13.3 Å². The fourth-order valence-electron chi connectivity index (χ4n) is 1.94. The lowest BCUT2D eigenvalue weighted by Crippen LogP contribution is -2.46. The molecule has 0 spiro atoms. The van der Waals surface area contributed by atoms with E-state index in [1.54, 1.807) is 6.26 Å². The summed E-state index contributed by atoms with van der Waals surface area (Å²) >= 11 is 1.91. The zero-order valence-corrected chi connectivity index (χ0v) is 13.0. The van der Waals surface area contributed by atoms with Crippen LogP contribution in [-0.2, 0) is 5.75 Å². The van der Waals surface area contributed by atoms with Gasteiger partial charge in [-0.2, -0.15) is 11.8 Å². The highest BCUT2D eigenvalue weighted by Gasteiger charge is 2.21. The summed E-state index contributed by atoms with van der Waals surface area (Å²) in [7, 11) is 0. The predicted octanol–water partition coefficient (Wildman–Crippen LogP) is 3.43. The second-order valence-electron chi connectivity index (χ2n) is 5.23. The molecule has 4 heteroatoms. The standard InChI is InChI=1S/C15H27NO2S/c1-3-9-16-15(2,13-17)8-4-5-11-19-12-14-7-6-10-18-14/h6-7,10,16-17H,3-5,8-9,11-13H2,1-2H3. The maximum Gasteiger partial charge on any atom is 0.113 e. The van der Waals surface area contributed by atoms with E-state index in [0.29, 0.717) is 0 Å². The van der Waals surface area contributed by atoms with E-state index in [0.717, 1.165) is 43.1 Å². The number of hydrogen-bond acceptors (Lipinski definition) is 4. The van der Waals surface area contributed by atoms with E-state index in [9.17, 15) is 5.11 Å². The molecule has 3 nitrogen and oxygen atoms in total. The number of furan rings is 1. The monoisotopic (exact) mass is 285 g/mol. The lowest BCUT2D eigenvalue weighted by atomic mass is 9.96. The fourth-order valence-corrected chi connectivity index (χ4v) is 2.85. The van der Waals surface area contributed by atoms with Crippen molar-refractivity contribution in [1.29, 1.82) is 0 Å². The Morgan fingerprint density at radius 1 is 1.42 bits per heavy atom. The summed E-state index contributed by atoms with van der Waals surface area (Å²) in [4.78, 5) is 0. The van der Waals surface area contributed by atoms with Gasteiger partial charge in [0.2, 0.25) is 0 Å². The number of hydrogen-bond donors (Lipinski definition) is 2. The van der Waals surface area contributed by atoms with Crippen LogP contribution in [0.2, 0.25) is 0 Å². The summed E-state index contributed by atoms with van der Waals surface area (Å²) in [5, 5.41) is 12.9. The average Bonchev–Trinajstić information content (AvgIpc) is 2.93. The predicted molar refractivity (Wildman–Crippen MR) is 82.5 cm³/mol. The van der Waals surface area contributed by atoms with Crippen LogP contribution in [0.3, 0.4) is 0 Å². The van der Waals surface area contributed by atoms with Crippen LogP contribution in [-0.4, -0.2) is 29.5 Å². The highest BCUT2D eigenvalue weighted by atomic mass is 32.2. The third kappa shape index (κ3) is 7.04. The number of thioether (sulfide) groups is 1. The van der Waals surface area contributed by atoms with E-state index in [1.807, 2.05) is 23.9 Å². The van der Waals surface area contributed by atoms with Gasteiger partial charge in [-0.25, -0.2) is 0 Å². The molecule has 0 saturated carbocycles. The van der Waals surface area contributed by atoms with E-state index >= 15 is 0 Å². The zero-order valence-electron chi connectivity index (χ0n) is 12.2. The summed E-state index contributed by atoms with van der Waals surface area (Å²) in [5.41, 5.74) is -0.109. The highest BCUT2D eigenvalue weighted by molar-refractivity contribution is 7.98. The molecular weight excluding hydrogens is 258 g/mol.